The number of anilines is 1. The van der Waals surface area contributed by atoms with Gasteiger partial charge < -0.3 is 5.32 Å². The van der Waals surface area contributed by atoms with Crippen LogP contribution in [0.2, 0.25) is 0 Å². The van der Waals surface area contributed by atoms with Crippen molar-refractivity contribution in [1.82, 2.24) is 14.7 Å². The topological polar surface area (TPSA) is 50.2 Å². The zero-order chi connectivity index (χ0) is 20.8. The molecule has 2 aromatic carbocycles. The Morgan fingerprint density at radius 2 is 1.97 bits per heavy atom. The van der Waals surface area contributed by atoms with Gasteiger partial charge in [0.05, 0.1) is 17.9 Å². The maximum absolute atomic E-state index is 13.8. The zero-order valence-corrected chi connectivity index (χ0v) is 15.9. The van der Waals surface area contributed by atoms with Gasteiger partial charge in [-0.15, -0.1) is 0 Å². The molecule has 0 saturated heterocycles. The summed E-state index contributed by atoms with van der Waals surface area (Å²) in [6.45, 7) is 3.11. The van der Waals surface area contributed by atoms with Crippen molar-refractivity contribution in [3.05, 3.63) is 77.9 Å². The van der Waals surface area contributed by atoms with Crippen LogP contribution >= 0.6 is 0 Å². The Morgan fingerprint density at radius 3 is 2.69 bits per heavy atom. The first-order chi connectivity index (χ1) is 14.0. The molecule has 0 unspecified atom stereocenters. The second kappa shape index (κ2) is 9.38. The van der Waals surface area contributed by atoms with Gasteiger partial charge in [-0.25, -0.2) is 17.9 Å². The summed E-state index contributed by atoms with van der Waals surface area (Å²) in [5.74, 6) is -4.83. The molecule has 1 aromatic heterocycles. The average molecular weight is 402 g/mol. The van der Waals surface area contributed by atoms with Crippen molar-refractivity contribution in [2.75, 3.05) is 18.4 Å². The van der Waals surface area contributed by atoms with Gasteiger partial charge in [0.15, 0.2) is 17.5 Å². The number of hydrogen-bond acceptors (Lipinski definition) is 3. The number of aromatic nitrogens is 2. The van der Waals surface area contributed by atoms with Crippen LogP contribution in [0, 0.1) is 17.5 Å². The first-order valence-electron chi connectivity index (χ1n) is 9.22. The lowest BCUT2D eigenvalue weighted by Gasteiger charge is -2.21. The third kappa shape index (κ3) is 5.23. The molecule has 0 aliphatic heterocycles. The van der Waals surface area contributed by atoms with Crippen LogP contribution in [0.5, 0.6) is 0 Å². The van der Waals surface area contributed by atoms with E-state index in [9.17, 15) is 18.0 Å². The van der Waals surface area contributed by atoms with Gasteiger partial charge in [0.25, 0.3) is 0 Å². The van der Waals surface area contributed by atoms with Crippen molar-refractivity contribution in [2.45, 2.75) is 19.9 Å². The molecule has 5 nitrogen and oxygen atoms in total. The summed E-state index contributed by atoms with van der Waals surface area (Å²) in [5, 5.41) is 6.52. The Morgan fingerprint density at radius 1 is 1.14 bits per heavy atom. The minimum atomic E-state index is -1.61. The predicted molar refractivity (Wildman–Crippen MR) is 104 cm³/mol. The van der Waals surface area contributed by atoms with Gasteiger partial charge in [-0.3, -0.25) is 9.69 Å². The van der Waals surface area contributed by atoms with Crippen LogP contribution in [-0.2, 0) is 11.3 Å². The number of halogens is 3. The third-order valence-corrected chi connectivity index (χ3v) is 4.30. The molecule has 8 heteroatoms. The zero-order valence-electron chi connectivity index (χ0n) is 15.9. The lowest BCUT2D eigenvalue weighted by atomic mass is 10.2. The quantitative estimate of drug-likeness (QED) is 0.576. The standard InChI is InChI=1S/C21H21F3N4O/c1-2-10-27(13-15-5-3-6-16(12-15)28-11-4-9-25-28)14-19(29)26-18-8-7-17(22)20(23)21(18)24/h3-9,11-12H,2,10,13-14H2,1H3,(H,26,29). The van der Waals surface area contributed by atoms with Gasteiger partial charge in [-0.1, -0.05) is 19.1 Å². The van der Waals surface area contributed by atoms with E-state index in [4.69, 9.17) is 0 Å². The van der Waals surface area contributed by atoms with Gasteiger partial charge >= 0.3 is 0 Å². The summed E-state index contributed by atoms with van der Waals surface area (Å²) in [4.78, 5) is 14.2. The number of amides is 1. The van der Waals surface area contributed by atoms with E-state index < -0.39 is 23.4 Å². The maximum atomic E-state index is 13.8. The van der Waals surface area contributed by atoms with Crippen molar-refractivity contribution < 1.29 is 18.0 Å². The SMILES string of the molecule is CCCN(CC(=O)Nc1ccc(F)c(F)c1F)Cc1cccc(-n2cccn2)c1. The number of carbonyl (C=O) groups excluding carboxylic acids is 1. The molecule has 0 saturated carbocycles. The molecule has 0 fully saturated rings. The summed E-state index contributed by atoms with van der Waals surface area (Å²) in [6, 6.07) is 11.4. The van der Waals surface area contributed by atoms with Gasteiger partial charge in [-0.05, 0) is 48.9 Å². The van der Waals surface area contributed by atoms with Gasteiger partial charge in [0.2, 0.25) is 5.91 Å². The molecule has 0 aliphatic carbocycles. The molecule has 29 heavy (non-hydrogen) atoms. The smallest absolute Gasteiger partial charge is 0.238 e. The van der Waals surface area contributed by atoms with Crippen molar-refractivity contribution >= 4 is 11.6 Å². The van der Waals surface area contributed by atoms with E-state index in [0.29, 0.717) is 13.1 Å². The Balaban J connectivity index is 1.68. The fourth-order valence-corrected chi connectivity index (χ4v) is 3.02. The van der Waals surface area contributed by atoms with E-state index in [1.54, 1.807) is 10.9 Å². The molecule has 1 N–H and O–H groups in total. The lowest BCUT2D eigenvalue weighted by molar-refractivity contribution is -0.117. The molecule has 0 spiro atoms. The second-order valence-electron chi connectivity index (χ2n) is 6.60. The van der Waals surface area contributed by atoms with Gasteiger partial charge in [-0.2, -0.15) is 5.10 Å². The van der Waals surface area contributed by atoms with E-state index >= 15 is 0 Å². The van der Waals surface area contributed by atoms with Gasteiger partial charge in [0, 0.05) is 18.9 Å². The van der Waals surface area contributed by atoms with Crippen molar-refractivity contribution in [3.8, 4) is 5.69 Å². The molecule has 1 heterocycles. The molecule has 3 rings (SSSR count). The lowest BCUT2D eigenvalue weighted by Crippen LogP contribution is -2.33. The minimum absolute atomic E-state index is 0.0156. The van der Waals surface area contributed by atoms with E-state index in [1.807, 2.05) is 48.4 Å². The average Bonchev–Trinajstić information content (AvgIpc) is 3.24. The fourth-order valence-electron chi connectivity index (χ4n) is 3.02. The Labute approximate surface area is 166 Å². The number of hydrogen-bond donors (Lipinski definition) is 1. The molecule has 0 atom stereocenters. The molecule has 0 aliphatic rings. The monoisotopic (exact) mass is 402 g/mol. The van der Waals surface area contributed by atoms with Crippen molar-refractivity contribution in [1.29, 1.82) is 0 Å². The maximum Gasteiger partial charge on any atom is 0.238 e. The third-order valence-electron chi connectivity index (χ3n) is 4.30. The number of benzene rings is 2. The molecule has 0 bridgehead atoms. The van der Waals surface area contributed by atoms with E-state index in [1.165, 1.54) is 0 Å². The normalized spacial score (nSPS) is 11.1. The van der Waals surface area contributed by atoms with Crippen LogP contribution in [0.15, 0.2) is 54.9 Å². The largest absolute Gasteiger partial charge is 0.322 e. The number of nitrogens with zero attached hydrogens (tertiary/aromatic N) is 3. The van der Waals surface area contributed by atoms with Gasteiger partial charge in [0.1, 0.15) is 0 Å². The number of nitrogens with one attached hydrogen (secondary N) is 1. The highest BCUT2D eigenvalue weighted by molar-refractivity contribution is 5.92. The highest BCUT2D eigenvalue weighted by atomic mass is 19.2. The molecule has 1 amide bonds. The fraction of sp³-hybridized carbons (Fsp3) is 0.238. The number of carbonyl (C=O) groups is 1. The first kappa shape index (κ1) is 20.6. The van der Waals surface area contributed by atoms with E-state index in [2.05, 4.69) is 10.4 Å². The Bertz CT molecular complexity index is 976. The number of rotatable bonds is 8. The Kier molecular flexibility index (Phi) is 6.66. The first-order valence-corrected chi connectivity index (χ1v) is 9.22. The summed E-state index contributed by atoms with van der Waals surface area (Å²) < 4.78 is 41.9. The second-order valence-corrected chi connectivity index (χ2v) is 6.60. The van der Waals surface area contributed by atoms with Crippen LogP contribution in [0.3, 0.4) is 0 Å². The molecular weight excluding hydrogens is 381 g/mol. The summed E-state index contributed by atoms with van der Waals surface area (Å²) in [7, 11) is 0. The van der Waals surface area contributed by atoms with E-state index in [0.717, 1.165) is 29.8 Å². The summed E-state index contributed by atoms with van der Waals surface area (Å²) >= 11 is 0. The highest BCUT2D eigenvalue weighted by Crippen LogP contribution is 2.20. The van der Waals surface area contributed by atoms with E-state index in [-0.39, 0.29) is 12.2 Å². The molecule has 3 aromatic rings. The van der Waals surface area contributed by atoms with Crippen LogP contribution < -0.4 is 5.32 Å². The molecule has 0 radical (unpaired) electrons. The molecular formula is C21H21F3N4O. The van der Waals surface area contributed by atoms with Crippen LogP contribution in [0.4, 0.5) is 18.9 Å². The van der Waals surface area contributed by atoms with Crippen LogP contribution in [0.1, 0.15) is 18.9 Å². The Hall–Kier alpha value is -3.13. The summed E-state index contributed by atoms with van der Waals surface area (Å²) in [5.41, 5.74) is 1.50. The van der Waals surface area contributed by atoms with Crippen molar-refractivity contribution in [3.63, 3.8) is 0 Å². The minimum Gasteiger partial charge on any atom is -0.322 e. The highest BCUT2D eigenvalue weighted by Gasteiger charge is 2.17. The van der Waals surface area contributed by atoms with Crippen LogP contribution in [-0.4, -0.2) is 33.7 Å². The van der Waals surface area contributed by atoms with Crippen molar-refractivity contribution in [2.24, 2.45) is 0 Å². The molecule has 152 valence electrons. The predicted octanol–water partition coefficient (Wildman–Crippen LogP) is 4.14. The summed E-state index contributed by atoms with van der Waals surface area (Å²) in [6.07, 6.45) is 4.34. The van der Waals surface area contributed by atoms with Crippen LogP contribution in [0.25, 0.3) is 5.69 Å².